The van der Waals surface area contributed by atoms with Gasteiger partial charge in [0.1, 0.15) is 0 Å². The van der Waals surface area contributed by atoms with Crippen molar-refractivity contribution in [2.24, 2.45) is 5.73 Å². The van der Waals surface area contributed by atoms with E-state index in [2.05, 4.69) is 43.1 Å². The molecule has 0 aromatic heterocycles. The van der Waals surface area contributed by atoms with E-state index in [1.165, 1.54) is 66.6 Å². The van der Waals surface area contributed by atoms with Gasteiger partial charge < -0.3 is 16.0 Å². The van der Waals surface area contributed by atoms with Crippen molar-refractivity contribution in [2.45, 2.75) is 58.9 Å². The molecule has 1 aromatic rings. The lowest BCUT2D eigenvalue weighted by molar-refractivity contribution is 0.509. The number of fused-ring (bicyclic) bond motifs is 1. The summed E-state index contributed by atoms with van der Waals surface area (Å²) in [6, 6.07) is 5.44. The number of hydrogen-bond donors (Lipinski definition) is 2. The van der Waals surface area contributed by atoms with Gasteiger partial charge >= 0.3 is 0 Å². The summed E-state index contributed by atoms with van der Waals surface area (Å²) in [5.74, 6) is 0. The molecule has 23 heavy (non-hydrogen) atoms. The molecule has 1 unspecified atom stereocenters. The highest BCUT2D eigenvalue weighted by atomic mass is 15.2. The highest BCUT2D eigenvalue weighted by Gasteiger charge is 2.24. The molecule has 0 saturated carbocycles. The molecule has 1 aromatic carbocycles. The first-order chi connectivity index (χ1) is 11.2. The summed E-state index contributed by atoms with van der Waals surface area (Å²) in [5, 5.41) is 3.12. The molecule has 2 rings (SSSR count). The summed E-state index contributed by atoms with van der Waals surface area (Å²) < 4.78 is 0. The lowest BCUT2D eigenvalue weighted by Crippen LogP contribution is -2.38. The van der Waals surface area contributed by atoms with Crippen molar-refractivity contribution >= 4 is 11.3 Å². The van der Waals surface area contributed by atoms with Gasteiger partial charge in [-0.3, -0.25) is 0 Å². The van der Waals surface area contributed by atoms with Crippen molar-refractivity contribution < 1.29 is 0 Å². The summed E-state index contributed by atoms with van der Waals surface area (Å²) >= 11 is 0. The Kier molecular flexibility index (Phi) is 6.52. The van der Waals surface area contributed by atoms with E-state index in [1.807, 2.05) is 13.2 Å². The normalized spacial score (nSPS) is 16.2. The number of benzene rings is 1. The SMILES string of the molecule is CCCC(CC)N1CCCc2cc(/C(=C/NC)CN)c(C)cc21. The number of nitrogens with two attached hydrogens (primary N) is 1. The first kappa shape index (κ1) is 17.9. The summed E-state index contributed by atoms with van der Waals surface area (Å²) in [6.07, 6.45) is 8.22. The van der Waals surface area contributed by atoms with E-state index in [4.69, 9.17) is 5.73 Å². The van der Waals surface area contributed by atoms with Crippen molar-refractivity contribution in [3.05, 3.63) is 35.0 Å². The molecule has 3 N–H and O–H groups in total. The Hall–Kier alpha value is -1.48. The quantitative estimate of drug-likeness (QED) is 0.803. The predicted octanol–water partition coefficient (Wildman–Crippen LogP) is 3.85. The molecule has 1 aliphatic heterocycles. The largest absolute Gasteiger partial charge is 0.394 e. The van der Waals surface area contributed by atoms with Crippen LogP contribution in [0.5, 0.6) is 0 Å². The Morgan fingerprint density at radius 1 is 1.39 bits per heavy atom. The predicted molar refractivity (Wildman–Crippen MR) is 102 cm³/mol. The number of anilines is 1. The van der Waals surface area contributed by atoms with E-state index in [-0.39, 0.29) is 0 Å². The van der Waals surface area contributed by atoms with Crippen LogP contribution in [0.25, 0.3) is 5.57 Å². The monoisotopic (exact) mass is 315 g/mol. The number of rotatable bonds is 7. The van der Waals surface area contributed by atoms with Crippen molar-refractivity contribution in [1.82, 2.24) is 5.32 Å². The molecule has 3 nitrogen and oxygen atoms in total. The number of aryl methyl sites for hydroxylation is 2. The van der Waals surface area contributed by atoms with Crippen molar-refractivity contribution in [2.75, 3.05) is 25.0 Å². The fourth-order valence-corrected chi connectivity index (χ4v) is 3.83. The fourth-order valence-electron chi connectivity index (χ4n) is 3.83. The van der Waals surface area contributed by atoms with Gasteiger partial charge in [-0.15, -0.1) is 0 Å². The van der Waals surface area contributed by atoms with Gasteiger partial charge in [0, 0.05) is 38.1 Å². The third-order valence-electron chi connectivity index (χ3n) is 5.00. The maximum atomic E-state index is 5.95. The minimum absolute atomic E-state index is 0.567. The van der Waals surface area contributed by atoms with E-state index in [9.17, 15) is 0 Å². The third-order valence-corrected chi connectivity index (χ3v) is 5.00. The fraction of sp³-hybridized carbons (Fsp3) is 0.600. The van der Waals surface area contributed by atoms with E-state index < -0.39 is 0 Å². The molecule has 0 aliphatic carbocycles. The Balaban J connectivity index is 2.42. The second-order valence-corrected chi connectivity index (χ2v) is 6.61. The van der Waals surface area contributed by atoms with E-state index in [1.54, 1.807) is 0 Å². The van der Waals surface area contributed by atoms with Crippen LogP contribution in [-0.2, 0) is 6.42 Å². The Morgan fingerprint density at radius 2 is 2.17 bits per heavy atom. The van der Waals surface area contributed by atoms with Crippen LogP contribution in [0.15, 0.2) is 18.3 Å². The van der Waals surface area contributed by atoms with E-state index in [0.717, 1.165) is 0 Å². The molecule has 1 atom stereocenters. The van der Waals surface area contributed by atoms with Gasteiger partial charge in [-0.2, -0.15) is 0 Å². The van der Waals surface area contributed by atoms with Crippen LogP contribution in [0.4, 0.5) is 5.69 Å². The maximum Gasteiger partial charge on any atom is 0.0404 e. The molecule has 0 radical (unpaired) electrons. The molecule has 1 aliphatic rings. The first-order valence-electron chi connectivity index (χ1n) is 9.13. The van der Waals surface area contributed by atoms with Crippen LogP contribution in [0.3, 0.4) is 0 Å². The van der Waals surface area contributed by atoms with Crippen LogP contribution in [0.1, 0.15) is 56.2 Å². The number of hydrogen-bond acceptors (Lipinski definition) is 3. The molecule has 0 amide bonds. The first-order valence-corrected chi connectivity index (χ1v) is 9.13. The van der Waals surface area contributed by atoms with Crippen molar-refractivity contribution in [3.8, 4) is 0 Å². The van der Waals surface area contributed by atoms with Crippen LogP contribution in [-0.4, -0.2) is 26.2 Å². The lowest BCUT2D eigenvalue weighted by atomic mass is 9.91. The number of nitrogens with one attached hydrogen (secondary N) is 1. The topological polar surface area (TPSA) is 41.3 Å². The summed E-state index contributed by atoms with van der Waals surface area (Å²) in [6.45, 7) is 8.58. The van der Waals surface area contributed by atoms with Gasteiger partial charge in [0.15, 0.2) is 0 Å². The minimum Gasteiger partial charge on any atom is -0.394 e. The molecule has 0 bridgehead atoms. The summed E-state index contributed by atoms with van der Waals surface area (Å²) in [4.78, 5) is 2.66. The molecule has 0 spiro atoms. The highest BCUT2D eigenvalue weighted by Crippen LogP contribution is 2.34. The van der Waals surface area contributed by atoms with Gasteiger partial charge in [-0.25, -0.2) is 0 Å². The molecular weight excluding hydrogens is 282 g/mol. The van der Waals surface area contributed by atoms with Gasteiger partial charge in [0.05, 0.1) is 0 Å². The van der Waals surface area contributed by atoms with Gasteiger partial charge in [-0.05, 0) is 67.0 Å². The van der Waals surface area contributed by atoms with Gasteiger partial charge in [0.25, 0.3) is 0 Å². The highest BCUT2D eigenvalue weighted by molar-refractivity contribution is 5.73. The zero-order chi connectivity index (χ0) is 16.8. The molecule has 0 saturated heterocycles. The van der Waals surface area contributed by atoms with E-state index in [0.29, 0.717) is 12.6 Å². The minimum atomic E-state index is 0.567. The third kappa shape index (κ3) is 3.89. The zero-order valence-electron chi connectivity index (χ0n) is 15.3. The lowest BCUT2D eigenvalue weighted by Gasteiger charge is -2.38. The molecule has 3 heteroatoms. The summed E-state index contributed by atoms with van der Waals surface area (Å²) in [7, 11) is 1.93. The van der Waals surface area contributed by atoms with Crippen LogP contribution in [0, 0.1) is 6.92 Å². The van der Waals surface area contributed by atoms with Gasteiger partial charge in [-0.1, -0.05) is 20.3 Å². The number of nitrogens with zero attached hydrogens (tertiary/aromatic N) is 1. The molecule has 1 heterocycles. The summed E-state index contributed by atoms with van der Waals surface area (Å²) in [5.41, 5.74) is 12.7. The second kappa shape index (κ2) is 8.39. The molecule has 128 valence electrons. The zero-order valence-corrected chi connectivity index (χ0v) is 15.3. The van der Waals surface area contributed by atoms with Crippen molar-refractivity contribution in [1.29, 1.82) is 0 Å². The Morgan fingerprint density at radius 3 is 2.78 bits per heavy atom. The second-order valence-electron chi connectivity index (χ2n) is 6.61. The maximum absolute atomic E-state index is 5.95. The molecule has 0 fully saturated rings. The average molecular weight is 316 g/mol. The van der Waals surface area contributed by atoms with Gasteiger partial charge in [0.2, 0.25) is 0 Å². The van der Waals surface area contributed by atoms with E-state index >= 15 is 0 Å². The van der Waals surface area contributed by atoms with Crippen LogP contribution < -0.4 is 16.0 Å². The van der Waals surface area contributed by atoms with Crippen LogP contribution >= 0.6 is 0 Å². The van der Waals surface area contributed by atoms with Crippen molar-refractivity contribution in [3.63, 3.8) is 0 Å². The van der Waals surface area contributed by atoms with Crippen LogP contribution in [0.2, 0.25) is 0 Å². The average Bonchev–Trinajstić information content (AvgIpc) is 2.57. The Bertz CT molecular complexity index is 548. The Labute approximate surface area is 141 Å². The standard InChI is InChI=1S/C20H33N3/c1-5-8-18(6-2)23-10-7-9-16-12-19(15(3)11-20(16)23)17(13-21)14-22-4/h11-12,14,18,22H,5-10,13,21H2,1-4H3/b17-14+. The molecular formula is C20H33N3. The smallest absolute Gasteiger partial charge is 0.0404 e.